The highest BCUT2D eigenvalue weighted by molar-refractivity contribution is 5.96. The maximum Gasteiger partial charge on any atom is 0.417 e. The van der Waals surface area contributed by atoms with Crippen LogP contribution in [0.1, 0.15) is 26.3 Å². The van der Waals surface area contributed by atoms with Gasteiger partial charge in [0.15, 0.2) is 0 Å². The number of alkyl halides is 3. The molecule has 126 valence electrons. The van der Waals surface area contributed by atoms with Gasteiger partial charge in [-0.2, -0.15) is 13.2 Å². The lowest BCUT2D eigenvalue weighted by atomic mass is 10.1. The summed E-state index contributed by atoms with van der Waals surface area (Å²) in [6.45, 7) is 0. The summed E-state index contributed by atoms with van der Waals surface area (Å²) in [6, 6.07) is 8.49. The van der Waals surface area contributed by atoms with Crippen LogP contribution in [-0.4, -0.2) is 24.0 Å². The molecule has 24 heavy (non-hydrogen) atoms. The molecule has 0 aliphatic heterocycles. The van der Waals surface area contributed by atoms with Crippen molar-refractivity contribution in [3.05, 3.63) is 59.2 Å². The van der Waals surface area contributed by atoms with Crippen molar-refractivity contribution in [3.8, 4) is 11.5 Å². The topological polar surface area (TPSA) is 75.6 Å². The Balaban J connectivity index is 2.45. The molecule has 0 aromatic heterocycles. The van der Waals surface area contributed by atoms with Gasteiger partial charge in [-0.1, -0.05) is 12.1 Å². The summed E-state index contributed by atoms with van der Waals surface area (Å²) in [6.07, 6.45) is -4.85. The van der Waals surface area contributed by atoms with E-state index in [0.717, 1.165) is 12.1 Å². The fourth-order valence-corrected chi connectivity index (χ4v) is 2.01. The zero-order chi connectivity index (χ0) is 17.9. The first-order valence-electron chi connectivity index (χ1n) is 6.67. The molecule has 8 heteroatoms. The van der Waals surface area contributed by atoms with E-state index < -0.39 is 29.2 Å². The molecule has 0 atom stereocenters. The fraction of sp³-hybridized carbons (Fsp3) is 0.125. The molecule has 0 unspecified atom stereocenters. The summed E-state index contributed by atoms with van der Waals surface area (Å²) in [5.74, 6) is -2.35. The van der Waals surface area contributed by atoms with Gasteiger partial charge in [-0.05, 0) is 30.3 Å². The molecular formula is C16H12F3NO4. The van der Waals surface area contributed by atoms with Gasteiger partial charge in [-0.25, -0.2) is 4.79 Å². The Morgan fingerprint density at radius 2 is 1.75 bits per heavy atom. The van der Waals surface area contributed by atoms with Crippen LogP contribution >= 0.6 is 0 Å². The highest BCUT2D eigenvalue weighted by atomic mass is 19.4. The van der Waals surface area contributed by atoms with Crippen molar-refractivity contribution in [3.63, 3.8) is 0 Å². The number of carbonyl (C=O) groups excluding carboxylic acids is 1. The van der Waals surface area contributed by atoms with E-state index in [4.69, 9.17) is 9.84 Å². The molecule has 0 fully saturated rings. The summed E-state index contributed by atoms with van der Waals surface area (Å²) in [5.41, 5.74) is -2.07. The average Bonchev–Trinajstić information content (AvgIpc) is 2.53. The second kappa shape index (κ2) is 6.61. The van der Waals surface area contributed by atoms with Gasteiger partial charge in [0.25, 0.3) is 5.91 Å². The van der Waals surface area contributed by atoms with E-state index in [0.29, 0.717) is 6.07 Å². The van der Waals surface area contributed by atoms with Crippen molar-refractivity contribution < 1.29 is 32.6 Å². The minimum Gasteiger partial charge on any atom is -0.478 e. The number of carbonyl (C=O) groups is 2. The lowest BCUT2D eigenvalue weighted by molar-refractivity contribution is -0.138. The molecule has 0 spiro atoms. The van der Waals surface area contributed by atoms with Gasteiger partial charge in [-0.15, -0.1) is 0 Å². The normalized spacial score (nSPS) is 11.0. The van der Waals surface area contributed by atoms with Crippen molar-refractivity contribution in [1.82, 2.24) is 5.32 Å². The monoisotopic (exact) mass is 339 g/mol. The number of para-hydroxylation sites is 1. The van der Waals surface area contributed by atoms with Crippen LogP contribution in [-0.2, 0) is 6.18 Å². The quantitative estimate of drug-likeness (QED) is 0.893. The largest absolute Gasteiger partial charge is 0.478 e. The van der Waals surface area contributed by atoms with Gasteiger partial charge < -0.3 is 15.2 Å². The number of aromatic carboxylic acids is 1. The van der Waals surface area contributed by atoms with Crippen LogP contribution in [0.3, 0.4) is 0 Å². The van der Waals surface area contributed by atoms with E-state index in [1.165, 1.54) is 19.2 Å². The summed E-state index contributed by atoms with van der Waals surface area (Å²) >= 11 is 0. The number of halogens is 3. The SMILES string of the molecule is CNC(=O)c1ccccc1Oc1ccc(C(=O)O)c(C(F)(F)F)c1. The molecule has 5 nitrogen and oxygen atoms in total. The van der Waals surface area contributed by atoms with Crippen LogP contribution in [0.4, 0.5) is 13.2 Å². The highest BCUT2D eigenvalue weighted by Gasteiger charge is 2.36. The lowest BCUT2D eigenvalue weighted by Crippen LogP contribution is -2.18. The number of amides is 1. The molecule has 2 rings (SSSR count). The van der Waals surface area contributed by atoms with Crippen LogP contribution in [0.5, 0.6) is 11.5 Å². The van der Waals surface area contributed by atoms with E-state index in [9.17, 15) is 22.8 Å². The van der Waals surface area contributed by atoms with Crippen LogP contribution in [0, 0.1) is 0 Å². The number of rotatable bonds is 4. The Morgan fingerprint density at radius 3 is 2.33 bits per heavy atom. The van der Waals surface area contributed by atoms with Crippen molar-refractivity contribution in [2.45, 2.75) is 6.18 Å². The number of hydrogen-bond acceptors (Lipinski definition) is 3. The molecule has 2 aromatic rings. The van der Waals surface area contributed by atoms with Crippen LogP contribution in [0.15, 0.2) is 42.5 Å². The van der Waals surface area contributed by atoms with E-state index in [2.05, 4.69) is 5.32 Å². The molecule has 0 aliphatic rings. The molecule has 0 bridgehead atoms. The molecule has 0 saturated heterocycles. The number of carboxylic acids is 1. The van der Waals surface area contributed by atoms with Gasteiger partial charge in [0.05, 0.1) is 16.7 Å². The Kier molecular flexibility index (Phi) is 4.77. The molecule has 1 amide bonds. The standard InChI is InChI=1S/C16H12F3NO4/c1-20-14(21)11-4-2-3-5-13(11)24-9-6-7-10(15(22)23)12(8-9)16(17,18)19/h2-8H,1H3,(H,20,21)(H,22,23). The Bertz CT molecular complexity index is 787. The molecule has 2 N–H and O–H groups in total. The van der Waals surface area contributed by atoms with Crippen molar-refractivity contribution >= 4 is 11.9 Å². The molecule has 0 saturated carbocycles. The summed E-state index contributed by atoms with van der Waals surface area (Å²) in [5, 5.41) is 11.3. The van der Waals surface area contributed by atoms with Crippen LogP contribution < -0.4 is 10.1 Å². The van der Waals surface area contributed by atoms with E-state index in [-0.39, 0.29) is 17.1 Å². The number of nitrogens with one attached hydrogen (secondary N) is 1. The zero-order valence-electron chi connectivity index (χ0n) is 12.3. The fourth-order valence-electron chi connectivity index (χ4n) is 2.01. The predicted octanol–water partition coefficient (Wildman–Crippen LogP) is 3.56. The third-order valence-corrected chi connectivity index (χ3v) is 3.11. The molecule has 0 heterocycles. The van der Waals surface area contributed by atoms with Crippen molar-refractivity contribution in [1.29, 1.82) is 0 Å². The number of ether oxygens (including phenoxy) is 1. The first-order valence-corrected chi connectivity index (χ1v) is 6.67. The summed E-state index contributed by atoms with van der Waals surface area (Å²) in [4.78, 5) is 22.7. The molecular weight excluding hydrogens is 327 g/mol. The maximum absolute atomic E-state index is 13.0. The minimum atomic E-state index is -4.85. The second-order valence-corrected chi connectivity index (χ2v) is 4.69. The Hall–Kier alpha value is -3.03. The molecule has 0 aliphatic carbocycles. The molecule has 0 radical (unpaired) electrons. The zero-order valence-corrected chi connectivity index (χ0v) is 12.3. The lowest BCUT2D eigenvalue weighted by Gasteiger charge is -2.14. The van der Waals surface area contributed by atoms with Gasteiger partial charge >= 0.3 is 12.1 Å². The van der Waals surface area contributed by atoms with Crippen LogP contribution in [0.2, 0.25) is 0 Å². The van der Waals surface area contributed by atoms with E-state index in [1.807, 2.05) is 0 Å². The van der Waals surface area contributed by atoms with Gasteiger partial charge in [0.1, 0.15) is 11.5 Å². The average molecular weight is 339 g/mol. The predicted molar refractivity (Wildman–Crippen MR) is 78.3 cm³/mol. The third kappa shape index (κ3) is 3.65. The number of carboxylic acid groups (broad SMARTS) is 1. The summed E-state index contributed by atoms with van der Waals surface area (Å²) < 4.78 is 44.4. The smallest absolute Gasteiger partial charge is 0.417 e. The van der Waals surface area contributed by atoms with Crippen molar-refractivity contribution in [2.75, 3.05) is 7.05 Å². The van der Waals surface area contributed by atoms with Gasteiger partial charge in [0.2, 0.25) is 0 Å². The van der Waals surface area contributed by atoms with Gasteiger partial charge in [0, 0.05) is 7.05 Å². The number of benzene rings is 2. The maximum atomic E-state index is 13.0. The minimum absolute atomic E-state index is 0.0491. The van der Waals surface area contributed by atoms with E-state index in [1.54, 1.807) is 12.1 Å². The molecule has 2 aromatic carbocycles. The van der Waals surface area contributed by atoms with Gasteiger partial charge in [-0.3, -0.25) is 4.79 Å². The Morgan fingerprint density at radius 1 is 1.08 bits per heavy atom. The first kappa shape index (κ1) is 17.3. The highest BCUT2D eigenvalue weighted by Crippen LogP contribution is 2.36. The number of hydrogen-bond donors (Lipinski definition) is 2. The summed E-state index contributed by atoms with van der Waals surface area (Å²) in [7, 11) is 1.41. The van der Waals surface area contributed by atoms with Crippen LogP contribution in [0.25, 0.3) is 0 Å². The van der Waals surface area contributed by atoms with E-state index >= 15 is 0 Å². The first-order chi connectivity index (χ1) is 11.2. The third-order valence-electron chi connectivity index (χ3n) is 3.11. The second-order valence-electron chi connectivity index (χ2n) is 4.69. The van der Waals surface area contributed by atoms with Crippen molar-refractivity contribution in [2.24, 2.45) is 0 Å². The Labute approximate surface area is 134 Å².